The van der Waals surface area contributed by atoms with E-state index in [1.807, 2.05) is 17.5 Å². The molecule has 0 spiro atoms. The van der Waals surface area contributed by atoms with Gasteiger partial charge >= 0.3 is 6.03 Å². The molecule has 3 amide bonds. The molecule has 3 aromatic rings. The molecule has 0 radical (unpaired) electrons. The number of nitrogen functional groups attached to an aromatic ring is 1. The van der Waals surface area contributed by atoms with Crippen molar-refractivity contribution in [2.24, 2.45) is 5.92 Å². The first-order chi connectivity index (χ1) is 14.5. The summed E-state index contributed by atoms with van der Waals surface area (Å²) in [7, 11) is 0. The molecule has 1 unspecified atom stereocenters. The second-order valence-electron chi connectivity index (χ2n) is 7.35. The molecule has 1 aliphatic rings. The third-order valence-electron chi connectivity index (χ3n) is 4.98. The molecule has 30 heavy (non-hydrogen) atoms. The number of fused-ring (bicyclic) bond motifs is 3. The normalized spacial score (nSPS) is 15.7. The third kappa shape index (κ3) is 4.93. The molecule has 0 aliphatic heterocycles. The van der Waals surface area contributed by atoms with Gasteiger partial charge in [-0.05, 0) is 48.6 Å². The number of aryl methyl sites for hydroxylation is 1. The first-order valence-corrected chi connectivity index (χ1v) is 12.5. The van der Waals surface area contributed by atoms with Gasteiger partial charge in [0.1, 0.15) is 10.6 Å². The molecule has 0 bridgehead atoms. The number of urea groups is 1. The van der Waals surface area contributed by atoms with Gasteiger partial charge in [0.05, 0.1) is 11.1 Å². The van der Waals surface area contributed by atoms with E-state index >= 15 is 0 Å². The monoisotopic (exact) mass is 461 g/mol. The number of hydrogen-bond donors (Lipinski definition) is 3. The number of rotatable bonds is 6. The first kappa shape index (κ1) is 21.1. The lowest BCUT2D eigenvalue weighted by molar-refractivity contribution is -0.117. The molecule has 0 saturated heterocycles. The minimum atomic E-state index is -0.493. The molecule has 0 fully saturated rings. The number of amides is 3. The van der Waals surface area contributed by atoms with E-state index in [-0.39, 0.29) is 5.75 Å². The van der Waals surface area contributed by atoms with Crippen LogP contribution in [0, 0.1) is 5.92 Å². The first-order valence-electron chi connectivity index (χ1n) is 9.80. The number of aromatic nitrogens is 2. The highest BCUT2D eigenvalue weighted by Gasteiger charge is 2.23. The number of thioether (sulfide) groups is 1. The number of nitrogens with zero attached hydrogens (tertiary/aromatic N) is 2. The summed E-state index contributed by atoms with van der Waals surface area (Å²) in [4.78, 5) is 36.4. The van der Waals surface area contributed by atoms with E-state index in [9.17, 15) is 9.59 Å². The molecular weight excluding hydrogens is 438 g/mol. The predicted octanol–water partition coefficient (Wildman–Crippen LogP) is 3.62. The summed E-state index contributed by atoms with van der Waals surface area (Å²) in [6.07, 6.45) is 3.97. The van der Waals surface area contributed by atoms with Crippen LogP contribution in [0.4, 0.5) is 10.6 Å². The van der Waals surface area contributed by atoms with Gasteiger partial charge in [-0.25, -0.2) is 14.8 Å². The van der Waals surface area contributed by atoms with Gasteiger partial charge in [-0.3, -0.25) is 10.1 Å². The molecule has 1 atom stereocenters. The minimum Gasteiger partial charge on any atom is -0.383 e. The van der Waals surface area contributed by atoms with Crippen molar-refractivity contribution >= 4 is 62.4 Å². The van der Waals surface area contributed by atoms with Crippen LogP contribution < -0.4 is 16.4 Å². The van der Waals surface area contributed by atoms with Crippen molar-refractivity contribution < 1.29 is 9.59 Å². The topological polar surface area (TPSA) is 110 Å². The fourth-order valence-electron chi connectivity index (χ4n) is 3.51. The Bertz CT molecular complexity index is 1060. The van der Waals surface area contributed by atoms with Gasteiger partial charge in [-0.15, -0.1) is 22.7 Å². The summed E-state index contributed by atoms with van der Waals surface area (Å²) < 4.78 is 0. The van der Waals surface area contributed by atoms with Crippen LogP contribution in [0.1, 0.15) is 28.7 Å². The Morgan fingerprint density at radius 1 is 1.37 bits per heavy atom. The van der Waals surface area contributed by atoms with Gasteiger partial charge in [0.2, 0.25) is 5.91 Å². The van der Waals surface area contributed by atoms with Crippen LogP contribution in [-0.2, 0) is 24.1 Å². The zero-order valence-electron chi connectivity index (χ0n) is 16.6. The Kier molecular flexibility index (Phi) is 6.55. The van der Waals surface area contributed by atoms with Gasteiger partial charge in [0.15, 0.2) is 5.16 Å². The summed E-state index contributed by atoms with van der Waals surface area (Å²) in [6, 6.07) is 3.49. The largest absolute Gasteiger partial charge is 0.383 e. The van der Waals surface area contributed by atoms with Gasteiger partial charge in [-0.2, -0.15) is 0 Å². The molecule has 4 N–H and O–H groups in total. The molecule has 0 aromatic carbocycles. The molecule has 158 valence electrons. The third-order valence-corrected chi connectivity index (χ3v) is 7.92. The van der Waals surface area contributed by atoms with Crippen LogP contribution in [0.5, 0.6) is 0 Å². The fraction of sp³-hybridized carbons (Fsp3) is 0.400. The second-order valence-corrected chi connectivity index (χ2v) is 10.4. The number of carbonyl (C=O) groups excluding carboxylic acids is 2. The second kappa shape index (κ2) is 9.32. The molecule has 3 aromatic heterocycles. The van der Waals surface area contributed by atoms with E-state index < -0.39 is 11.9 Å². The lowest BCUT2D eigenvalue weighted by Gasteiger charge is -2.17. The summed E-state index contributed by atoms with van der Waals surface area (Å²) in [5.41, 5.74) is 7.51. The number of hydrogen-bond acceptors (Lipinski definition) is 8. The van der Waals surface area contributed by atoms with Crippen molar-refractivity contribution in [1.29, 1.82) is 0 Å². The van der Waals surface area contributed by atoms with Crippen molar-refractivity contribution in [1.82, 2.24) is 20.6 Å². The van der Waals surface area contributed by atoms with Crippen LogP contribution in [0.15, 0.2) is 22.7 Å². The highest BCUT2D eigenvalue weighted by Crippen LogP contribution is 2.39. The smallest absolute Gasteiger partial charge is 0.321 e. The van der Waals surface area contributed by atoms with Gasteiger partial charge in [0.25, 0.3) is 0 Å². The molecule has 1 aliphatic carbocycles. The average Bonchev–Trinajstić information content (AvgIpc) is 3.33. The Morgan fingerprint density at radius 3 is 3.03 bits per heavy atom. The maximum absolute atomic E-state index is 12.1. The zero-order valence-corrected chi connectivity index (χ0v) is 19.0. The van der Waals surface area contributed by atoms with Crippen molar-refractivity contribution in [3.05, 3.63) is 32.8 Å². The van der Waals surface area contributed by atoms with E-state index in [1.165, 1.54) is 27.1 Å². The number of anilines is 1. The summed E-state index contributed by atoms with van der Waals surface area (Å²) in [5.74, 6) is 0.802. The van der Waals surface area contributed by atoms with Crippen molar-refractivity contribution in [2.75, 3.05) is 18.0 Å². The molecule has 7 nitrogen and oxygen atoms in total. The number of nitrogens with one attached hydrogen (secondary N) is 2. The highest BCUT2D eigenvalue weighted by molar-refractivity contribution is 7.99. The van der Waals surface area contributed by atoms with Gasteiger partial charge in [0, 0.05) is 16.3 Å². The van der Waals surface area contributed by atoms with Gasteiger partial charge < -0.3 is 11.1 Å². The van der Waals surface area contributed by atoms with Crippen LogP contribution >= 0.6 is 34.4 Å². The predicted molar refractivity (Wildman–Crippen MR) is 123 cm³/mol. The summed E-state index contributed by atoms with van der Waals surface area (Å²) >= 11 is 4.50. The molecule has 0 saturated carbocycles. The maximum Gasteiger partial charge on any atom is 0.321 e. The molecular formula is C20H23N5O2S3. The quantitative estimate of drug-likeness (QED) is 0.382. The maximum atomic E-state index is 12.1. The van der Waals surface area contributed by atoms with Crippen molar-refractivity contribution in [3.8, 4) is 0 Å². The summed E-state index contributed by atoms with van der Waals surface area (Å²) in [6.45, 7) is 2.74. The lowest BCUT2D eigenvalue weighted by Crippen LogP contribution is -2.41. The molecule has 4 rings (SSSR count). The SMILES string of the molecule is CC1CCc2c(sc3nc(SCC(=O)NC(=O)NCCc4cccs4)nc(N)c23)C1. The Hall–Kier alpha value is -2.17. The standard InChI is InChI=1S/C20H23N5O2S3/c1-11-4-5-13-14(9-11)30-18-16(13)17(21)24-20(25-18)29-10-15(26)23-19(27)22-7-6-12-3-2-8-28-12/h2-3,8,11H,4-7,9-10H2,1H3,(H2,21,24,25)(H2,22,23,26,27). The Morgan fingerprint density at radius 2 is 2.23 bits per heavy atom. The Balaban J connectivity index is 1.31. The van der Waals surface area contributed by atoms with Crippen LogP contribution in [0.3, 0.4) is 0 Å². The molecule has 10 heteroatoms. The summed E-state index contributed by atoms with van der Waals surface area (Å²) in [5, 5.41) is 8.45. The van der Waals surface area contributed by atoms with Crippen LogP contribution in [0.2, 0.25) is 0 Å². The number of imide groups is 1. The number of nitrogens with two attached hydrogens (primary N) is 1. The van der Waals surface area contributed by atoms with E-state index in [0.717, 1.165) is 35.9 Å². The van der Waals surface area contributed by atoms with E-state index in [2.05, 4.69) is 27.5 Å². The fourth-order valence-corrected chi connectivity index (χ4v) is 6.31. The molecule has 3 heterocycles. The van der Waals surface area contributed by atoms with E-state index in [0.29, 0.717) is 23.4 Å². The number of thiophene rings is 2. The van der Waals surface area contributed by atoms with Crippen molar-refractivity contribution in [2.45, 2.75) is 37.8 Å². The number of carbonyl (C=O) groups is 2. The van der Waals surface area contributed by atoms with Crippen molar-refractivity contribution in [3.63, 3.8) is 0 Å². The average molecular weight is 462 g/mol. The van der Waals surface area contributed by atoms with Gasteiger partial charge in [-0.1, -0.05) is 24.8 Å². The highest BCUT2D eigenvalue weighted by atomic mass is 32.2. The zero-order chi connectivity index (χ0) is 21.1. The van der Waals surface area contributed by atoms with E-state index in [4.69, 9.17) is 5.73 Å². The lowest BCUT2D eigenvalue weighted by atomic mass is 9.89. The Labute approximate surface area is 186 Å². The minimum absolute atomic E-state index is 0.0470. The van der Waals surface area contributed by atoms with Crippen LogP contribution in [0.25, 0.3) is 10.2 Å². The van der Waals surface area contributed by atoms with E-state index in [1.54, 1.807) is 22.7 Å². The van der Waals surface area contributed by atoms with Crippen LogP contribution in [-0.4, -0.2) is 34.2 Å².